The van der Waals surface area contributed by atoms with Crippen LogP contribution in [-0.2, 0) is 0 Å². The van der Waals surface area contributed by atoms with E-state index in [4.69, 9.17) is 10.5 Å². The number of nitrogens with one attached hydrogen (secondary N) is 2. The molecule has 1 saturated carbocycles. The Morgan fingerprint density at radius 2 is 2.29 bits per heavy atom. The number of anilines is 1. The van der Waals surface area contributed by atoms with Crippen LogP contribution in [0.5, 0.6) is 5.75 Å². The largest absolute Gasteiger partial charge is 0.489 e. The van der Waals surface area contributed by atoms with Gasteiger partial charge in [0.05, 0.1) is 19.0 Å². The first kappa shape index (κ1) is 11.9. The molecule has 4 N–H and O–H groups in total. The van der Waals surface area contributed by atoms with Crippen LogP contribution in [0.4, 0.5) is 5.82 Å². The number of ether oxygens (including phenoxy) is 1. The molecule has 1 aliphatic carbocycles. The summed E-state index contributed by atoms with van der Waals surface area (Å²) in [5, 5.41) is 3.28. The fourth-order valence-corrected chi connectivity index (χ4v) is 2.35. The molecule has 1 heterocycles. The van der Waals surface area contributed by atoms with E-state index in [1.165, 1.54) is 13.4 Å². The van der Waals surface area contributed by atoms with Crippen LogP contribution < -0.4 is 21.3 Å². The lowest BCUT2D eigenvalue weighted by Crippen LogP contribution is -2.43. The quantitative estimate of drug-likeness (QED) is 0.708. The van der Waals surface area contributed by atoms with Crippen molar-refractivity contribution in [1.82, 2.24) is 9.97 Å². The summed E-state index contributed by atoms with van der Waals surface area (Å²) in [6.07, 6.45) is 5.67. The van der Waals surface area contributed by atoms with Gasteiger partial charge in [0.2, 0.25) is 5.75 Å². The number of nitrogens with zero attached hydrogens (tertiary/aromatic N) is 1. The Labute approximate surface area is 99.6 Å². The molecule has 0 spiro atoms. The van der Waals surface area contributed by atoms with Crippen LogP contribution >= 0.6 is 0 Å². The Hall–Kier alpha value is -1.56. The summed E-state index contributed by atoms with van der Waals surface area (Å²) < 4.78 is 5.07. The van der Waals surface area contributed by atoms with E-state index in [2.05, 4.69) is 15.3 Å². The number of nitrogens with two attached hydrogens (primary N) is 1. The fourth-order valence-electron chi connectivity index (χ4n) is 2.35. The van der Waals surface area contributed by atoms with E-state index in [1.54, 1.807) is 0 Å². The van der Waals surface area contributed by atoms with Crippen molar-refractivity contribution in [2.45, 2.75) is 31.2 Å². The van der Waals surface area contributed by atoms with Gasteiger partial charge >= 0.3 is 0 Å². The molecule has 94 valence electrons. The fraction of sp³-hybridized carbons (Fsp3) is 0.636. The minimum atomic E-state index is -0.282. The molecule has 1 aromatic heterocycles. The molecule has 0 atom stereocenters. The number of hydrogen-bond donors (Lipinski definition) is 3. The summed E-state index contributed by atoms with van der Waals surface area (Å²) in [5.74, 6) is 0.691. The molecule has 0 aliphatic heterocycles. The van der Waals surface area contributed by atoms with Crippen LogP contribution in [0.25, 0.3) is 0 Å². The molecule has 6 heteroatoms. The van der Waals surface area contributed by atoms with Gasteiger partial charge in [0.25, 0.3) is 5.56 Å². The van der Waals surface area contributed by atoms with E-state index in [-0.39, 0.29) is 16.8 Å². The number of aromatic amines is 1. The maximum absolute atomic E-state index is 11.5. The molecule has 0 amide bonds. The molecule has 0 aromatic carbocycles. The monoisotopic (exact) mass is 238 g/mol. The van der Waals surface area contributed by atoms with Crippen molar-refractivity contribution < 1.29 is 4.74 Å². The summed E-state index contributed by atoms with van der Waals surface area (Å²) in [6, 6.07) is 0. The van der Waals surface area contributed by atoms with Gasteiger partial charge in [0.15, 0.2) is 5.82 Å². The second-order valence-corrected chi connectivity index (χ2v) is 4.43. The number of methoxy groups -OCH3 is 1. The van der Waals surface area contributed by atoms with Crippen LogP contribution in [0.3, 0.4) is 0 Å². The molecule has 0 saturated heterocycles. The molecule has 0 unspecified atom stereocenters. The zero-order chi connectivity index (χ0) is 12.3. The number of rotatable bonds is 4. The van der Waals surface area contributed by atoms with Crippen LogP contribution in [0, 0.1) is 0 Å². The predicted molar refractivity (Wildman–Crippen MR) is 65.3 cm³/mol. The van der Waals surface area contributed by atoms with E-state index < -0.39 is 0 Å². The highest BCUT2D eigenvalue weighted by molar-refractivity contribution is 5.50. The first-order valence-corrected chi connectivity index (χ1v) is 5.81. The second kappa shape index (κ2) is 4.75. The van der Waals surface area contributed by atoms with Gasteiger partial charge in [0, 0.05) is 6.54 Å². The lowest BCUT2D eigenvalue weighted by Gasteiger charge is -2.29. The topological polar surface area (TPSA) is 93.0 Å². The normalized spacial score (nSPS) is 18.0. The Morgan fingerprint density at radius 1 is 1.59 bits per heavy atom. The summed E-state index contributed by atoms with van der Waals surface area (Å²) in [5.41, 5.74) is 5.40. The third kappa shape index (κ3) is 2.26. The second-order valence-electron chi connectivity index (χ2n) is 4.43. The molecule has 0 radical (unpaired) electrons. The molecule has 0 bridgehead atoms. The molecule has 17 heavy (non-hydrogen) atoms. The van der Waals surface area contributed by atoms with Crippen molar-refractivity contribution in [3.05, 3.63) is 16.7 Å². The zero-order valence-corrected chi connectivity index (χ0v) is 9.95. The van der Waals surface area contributed by atoms with E-state index in [9.17, 15) is 4.79 Å². The Bertz CT molecular complexity index is 437. The van der Waals surface area contributed by atoms with Gasteiger partial charge in [-0.05, 0) is 12.8 Å². The van der Waals surface area contributed by atoms with Crippen LogP contribution in [-0.4, -0.2) is 29.2 Å². The van der Waals surface area contributed by atoms with Crippen LogP contribution in [0.15, 0.2) is 11.1 Å². The van der Waals surface area contributed by atoms with Crippen molar-refractivity contribution in [2.24, 2.45) is 5.73 Å². The molecule has 1 aliphatic rings. The lowest BCUT2D eigenvalue weighted by atomic mass is 9.98. The average molecular weight is 238 g/mol. The van der Waals surface area contributed by atoms with E-state index in [0.29, 0.717) is 12.4 Å². The van der Waals surface area contributed by atoms with Crippen molar-refractivity contribution in [3.63, 3.8) is 0 Å². The SMILES string of the molecule is COc1c(NC2(CN)CCCC2)nc[nH]c1=O. The zero-order valence-electron chi connectivity index (χ0n) is 9.95. The van der Waals surface area contributed by atoms with Gasteiger partial charge in [-0.3, -0.25) is 4.79 Å². The van der Waals surface area contributed by atoms with Gasteiger partial charge in [-0.1, -0.05) is 12.8 Å². The third-order valence-corrected chi connectivity index (χ3v) is 3.35. The number of H-pyrrole nitrogens is 1. The minimum absolute atomic E-state index is 0.145. The molecule has 1 aromatic rings. The first-order chi connectivity index (χ1) is 8.21. The van der Waals surface area contributed by atoms with Crippen molar-refractivity contribution in [1.29, 1.82) is 0 Å². The maximum atomic E-state index is 11.5. The number of hydrogen-bond acceptors (Lipinski definition) is 5. The summed E-state index contributed by atoms with van der Waals surface area (Å²) >= 11 is 0. The minimum Gasteiger partial charge on any atom is -0.489 e. The molecule has 2 rings (SSSR count). The Morgan fingerprint density at radius 3 is 2.88 bits per heavy atom. The summed E-state index contributed by atoms with van der Waals surface area (Å²) in [7, 11) is 1.46. The molecular formula is C11H18N4O2. The van der Waals surface area contributed by atoms with Crippen LogP contribution in [0.2, 0.25) is 0 Å². The van der Waals surface area contributed by atoms with Gasteiger partial charge in [0.1, 0.15) is 0 Å². The highest BCUT2D eigenvalue weighted by Gasteiger charge is 2.33. The van der Waals surface area contributed by atoms with Crippen molar-refractivity contribution >= 4 is 5.82 Å². The van der Waals surface area contributed by atoms with Gasteiger partial charge < -0.3 is 20.8 Å². The highest BCUT2D eigenvalue weighted by Crippen LogP contribution is 2.33. The Kier molecular flexibility index (Phi) is 3.33. The summed E-state index contributed by atoms with van der Waals surface area (Å²) in [6.45, 7) is 0.532. The molecular weight excluding hydrogens is 220 g/mol. The first-order valence-electron chi connectivity index (χ1n) is 5.81. The molecule has 1 fully saturated rings. The van der Waals surface area contributed by atoms with Gasteiger partial charge in [-0.2, -0.15) is 0 Å². The maximum Gasteiger partial charge on any atom is 0.295 e. The smallest absolute Gasteiger partial charge is 0.295 e. The van der Waals surface area contributed by atoms with Crippen molar-refractivity contribution in [3.8, 4) is 5.75 Å². The standard InChI is InChI=1S/C11H18N4O2/c1-17-8-9(13-7-14-10(8)16)15-11(6-12)4-2-3-5-11/h7H,2-6,12H2,1H3,(H2,13,14,15,16). The van der Waals surface area contributed by atoms with E-state index in [0.717, 1.165) is 25.7 Å². The van der Waals surface area contributed by atoms with Gasteiger partial charge in [-0.15, -0.1) is 0 Å². The molecule has 6 nitrogen and oxygen atoms in total. The number of aromatic nitrogens is 2. The van der Waals surface area contributed by atoms with Crippen LogP contribution in [0.1, 0.15) is 25.7 Å². The summed E-state index contributed by atoms with van der Waals surface area (Å²) in [4.78, 5) is 18.1. The third-order valence-electron chi connectivity index (χ3n) is 3.35. The lowest BCUT2D eigenvalue weighted by molar-refractivity contribution is 0.403. The van der Waals surface area contributed by atoms with Crippen molar-refractivity contribution in [2.75, 3.05) is 19.0 Å². The van der Waals surface area contributed by atoms with Gasteiger partial charge in [-0.25, -0.2) is 4.98 Å². The predicted octanol–water partition coefficient (Wildman–Crippen LogP) is 0.462. The Balaban J connectivity index is 2.29. The van der Waals surface area contributed by atoms with E-state index in [1.807, 2.05) is 0 Å². The van der Waals surface area contributed by atoms with E-state index >= 15 is 0 Å². The average Bonchev–Trinajstić information content (AvgIpc) is 2.79. The highest BCUT2D eigenvalue weighted by atomic mass is 16.5.